The second kappa shape index (κ2) is 6.13. The first-order valence-electron chi connectivity index (χ1n) is 6.33. The van der Waals surface area contributed by atoms with Crippen molar-refractivity contribution in [3.8, 4) is 17.2 Å². The van der Waals surface area contributed by atoms with Gasteiger partial charge in [0.2, 0.25) is 0 Å². The minimum Gasteiger partial charge on any atom is -0.497 e. The number of aromatic nitrogens is 1. The van der Waals surface area contributed by atoms with Crippen molar-refractivity contribution in [2.75, 3.05) is 7.11 Å². The van der Waals surface area contributed by atoms with Crippen molar-refractivity contribution in [1.29, 1.82) is 0 Å². The van der Waals surface area contributed by atoms with Crippen molar-refractivity contribution in [2.45, 2.75) is 13.8 Å². The molecule has 6 nitrogen and oxygen atoms in total. The predicted octanol–water partition coefficient (Wildman–Crippen LogP) is 2.59. The van der Waals surface area contributed by atoms with Gasteiger partial charge in [-0.2, -0.15) is 0 Å². The average molecular weight is 287 g/mol. The zero-order chi connectivity index (χ0) is 15.4. The first kappa shape index (κ1) is 14.6. The fourth-order valence-electron chi connectivity index (χ4n) is 2.01. The number of aryl methyl sites for hydroxylation is 2. The Morgan fingerprint density at radius 1 is 1.19 bits per heavy atom. The van der Waals surface area contributed by atoms with E-state index in [-0.39, 0.29) is 5.84 Å². The van der Waals surface area contributed by atoms with Crippen LogP contribution in [0.1, 0.15) is 17.0 Å². The molecule has 3 N–H and O–H groups in total. The van der Waals surface area contributed by atoms with Crippen LogP contribution in [0.3, 0.4) is 0 Å². The van der Waals surface area contributed by atoms with Crippen LogP contribution in [-0.4, -0.2) is 23.1 Å². The molecule has 0 aliphatic rings. The molecule has 0 saturated carbocycles. The fraction of sp³-hybridized carbons (Fsp3) is 0.200. The second-order valence-corrected chi connectivity index (χ2v) is 4.49. The Morgan fingerprint density at radius 2 is 1.81 bits per heavy atom. The number of rotatable bonds is 4. The van der Waals surface area contributed by atoms with Crippen LogP contribution in [0.25, 0.3) is 0 Å². The largest absolute Gasteiger partial charge is 0.497 e. The van der Waals surface area contributed by atoms with E-state index >= 15 is 0 Å². The molecule has 0 aliphatic heterocycles. The normalized spacial score (nSPS) is 11.3. The van der Waals surface area contributed by atoms with E-state index in [4.69, 9.17) is 20.4 Å². The minimum atomic E-state index is -0.0384. The third-order valence-corrected chi connectivity index (χ3v) is 2.94. The molecule has 6 heteroatoms. The molecule has 0 saturated heterocycles. The van der Waals surface area contributed by atoms with Crippen LogP contribution in [-0.2, 0) is 0 Å². The van der Waals surface area contributed by atoms with Crippen LogP contribution >= 0.6 is 0 Å². The summed E-state index contributed by atoms with van der Waals surface area (Å²) in [7, 11) is 1.60. The summed E-state index contributed by atoms with van der Waals surface area (Å²) in [5.74, 6) is 1.80. The first-order chi connectivity index (χ1) is 10.0. The highest BCUT2D eigenvalue weighted by Gasteiger charge is 2.15. The molecule has 0 radical (unpaired) electrons. The number of hydrogen-bond acceptors (Lipinski definition) is 5. The van der Waals surface area contributed by atoms with Gasteiger partial charge in [-0.1, -0.05) is 5.16 Å². The number of nitrogens with two attached hydrogens (primary N) is 1. The molecule has 0 aliphatic carbocycles. The number of ether oxygens (including phenoxy) is 2. The van der Waals surface area contributed by atoms with Crippen molar-refractivity contribution < 1.29 is 14.7 Å². The molecule has 0 atom stereocenters. The Morgan fingerprint density at radius 3 is 2.38 bits per heavy atom. The van der Waals surface area contributed by atoms with Gasteiger partial charge in [0.1, 0.15) is 17.2 Å². The third kappa shape index (κ3) is 3.22. The quantitative estimate of drug-likeness (QED) is 0.390. The lowest BCUT2D eigenvalue weighted by atomic mass is 10.1. The summed E-state index contributed by atoms with van der Waals surface area (Å²) in [5, 5.41) is 11.9. The highest BCUT2D eigenvalue weighted by molar-refractivity contribution is 6.00. The molecule has 110 valence electrons. The summed E-state index contributed by atoms with van der Waals surface area (Å²) < 4.78 is 10.9. The molecular formula is C15H17N3O3. The Kier molecular flexibility index (Phi) is 4.27. The highest BCUT2D eigenvalue weighted by Crippen LogP contribution is 2.28. The van der Waals surface area contributed by atoms with E-state index in [2.05, 4.69) is 10.1 Å². The lowest BCUT2D eigenvalue weighted by Crippen LogP contribution is -2.17. The number of nitrogens with zero attached hydrogens (tertiary/aromatic N) is 2. The fourth-order valence-corrected chi connectivity index (χ4v) is 2.01. The summed E-state index contributed by atoms with van der Waals surface area (Å²) in [6.45, 7) is 3.63. The van der Waals surface area contributed by atoms with E-state index in [9.17, 15) is 0 Å². The van der Waals surface area contributed by atoms with Crippen molar-refractivity contribution in [1.82, 2.24) is 4.98 Å². The molecule has 0 unspecified atom stereocenters. The maximum Gasteiger partial charge on any atom is 0.175 e. The van der Waals surface area contributed by atoms with Gasteiger partial charge in [-0.05, 0) is 38.1 Å². The van der Waals surface area contributed by atoms with E-state index in [0.29, 0.717) is 22.8 Å². The standard InChI is InChI=1S/C15H17N3O3/c1-9-8-13(14(10(2)17-9)15(16)18-19)21-12-6-4-11(20-3)5-7-12/h4-8,19H,1-3H3,(H2,16,18). The summed E-state index contributed by atoms with van der Waals surface area (Å²) in [4.78, 5) is 4.30. The van der Waals surface area contributed by atoms with Gasteiger partial charge in [0.15, 0.2) is 5.84 Å². The summed E-state index contributed by atoms with van der Waals surface area (Å²) >= 11 is 0. The SMILES string of the molecule is COc1ccc(Oc2cc(C)nc(C)c2/C(N)=N/O)cc1. The molecule has 2 rings (SSSR count). The van der Waals surface area contributed by atoms with Crippen LogP contribution in [0.5, 0.6) is 17.2 Å². The molecule has 1 heterocycles. The molecule has 1 aromatic heterocycles. The van der Waals surface area contributed by atoms with Crippen LogP contribution in [0, 0.1) is 13.8 Å². The third-order valence-electron chi connectivity index (χ3n) is 2.94. The van der Waals surface area contributed by atoms with Gasteiger partial charge in [-0.15, -0.1) is 0 Å². The molecule has 21 heavy (non-hydrogen) atoms. The number of oxime groups is 1. The Hall–Kier alpha value is -2.76. The molecule has 1 aromatic carbocycles. The van der Waals surface area contributed by atoms with Crippen LogP contribution in [0.4, 0.5) is 0 Å². The second-order valence-electron chi connectivity index (χ2n) is 4.49. The molecular weight excluding hydrogens is 270 g/mol. The highest BCUT2D eigenvalue weighted by atomic mass is 16.5. The smallest absolute Gasteiger partial charge is 0.175 e. The molecule has 0 fully saturated rings. The van der Waals surface area contributed by atoms with E-state index < -0.39 is 0 Å². The van der Waals surface area contributed by atoms with Crippen LogP contribution in [0.15, 0.2) is 35.5 Å². The summed E-state index contributed by atoms with van der Waals surface area (Å²) in [6.07, 6.45) is 0. The van der Waals surface area contributed by atoms with Gasteiger partial charge in [-0.25, -0.2) is 0 Å². The zero-order valence-corrected chi connectivity index (χ0v) is 12.1. The molecule has 2 aromatic rings. The van der Waals surface area contributed by atoms with Crippen LogP contribution < -0.4 is 15.2 Å². The Labute approximate surface area is 122 Å². The van der Waals surface area contributed by atoms with Gasteiger partial charge in [0.25, 0.3) is 0 Å². The zero-order valence-electron chi connectivity index (χ0n) is 12.1. The minimum absolute atomic E-state index is 0.0384. The number of pyridine rings is 1. The monoisotopic (exact) mass is 287 g/mol. The lowest BCUT2D eigenvalue weighted by molar-refractivity contribution is 0.318. The van der Waals surface area contributed by atoms with E-state index in [1.807, 2.05) is 6.92 Å². The van der Waals surface area contributed by atoms with Crippen molar-refractivity contribution in [3.63, 3.8) is 0 Å². The number of hydrogen-bond donors (Lipinski definition) is 2. The van der Waals surface area contributed by atoms with Gasteiger partial charge in [-0.3, -0.25) is 4.98 Å². The topological polar surface area (TPSA) is 90.0 Å². The van der Waals surface area contributed by atoms with E-state index in [0.717, 1.165) is 11.4 Å². The van der Waals surface area contributed by atoms with Crippen molar-refractivity contribution >= 4 is 5.84 Å². The summed E-state index contributed by atoms with van der Waals surface area (Å²) in [6, 6.07) is 8.88. The maximum absolute atomic E-state index is 8.90. The predicted molar refractivity (Wildman–Crippen MR) is 79.3 cm³/mol. The molecule has 0 bridgehead atoms. The first-order valence-corrected chi connectivity index (χ1v) is 6.33. The van der Waals surface area contributed by atoms with E-state index in [1.165, 1.54) is 0 Å². The maximum atomic E-state index is 8.90. The van der Waals surface area contributed by atoms with Crippen molar-refractivity contribution in [2.24, 2.45) is 10.9 Å². The lowest BCUT2D eigenvalue weighted by Gasteiger charge is -2.13. The average Bonchev–Trinajstić information content (AvgIpc) is 2.47. The van der Waals surface area contributed by atoms with Gasteiger partial charge >= 0.3 is 0 Å². The van der Waals surface area contributed by atoms with Crippen LogP contribution in [0.2, 0.25) is 0 Å². The van der Waals surface area contributed by atoms with E-state index in [1.54, 1.807) is 44.4 Å². The Bertz CT molecular complexity index is 667. The molecule has 0 amide bonds. The number of methoxy groups -OCH3 is 1. The molecule has 0 spiro atoms. The van der Waals surface area contributed by atoms with Gasteiger partial charge < -0.3 is 20.4 Å². The van der Waals surface area contributed by atoms with Crippen molar-refractivity contribution in [3.05, 3.63) is 47.3 Å². The Balaban J connectivity index is 2.42. The number of benzene rings is 1. The van der Waals surface area contributed by atoms with Gasteiger partial charge in [0, 0.05) is 11.8 Å². The van der Waals surface area contributed by atoms with Gasteiger partial charge in [0.05, 0.1) is 18.4 Å². The summed E-state index contributed by atoms with van der Waals surface area (Å²) in [5.41, 5.74) is 7.59. The number of amidine groups is 1.